The van der Waals surface area contributed by atoms with Crippen LogP contribution < -0.4 is 10.2 Å². The molecule has 0 spiro atoms. The van der Waals surface area contributed by atoms with E-state index in [0.717, 1.165) is 11.1 Å². The van der Waals surface area contributed by atoms with Gasteiger partial charge in [-0.05, 0) is 60.4 Å². The van der Waals surface area contributed by atoms with Gasteiger partial charge in [-0.15, -0.1) is 0 Å². The van der Waals surface area contributed by atoms with Crippen molar-refractivity contribution in [3.8, 4) is 17.1 Å². The molecule has 7 heteroatoms. The Balaban J connectivity index is 1.56. The molecule has 1 N–H and O–H groups in total. The van der Waals surface area contributed by atoms with Crippen molar-refractivity contribution < 1.29 is 18.3 Å². The third kappa shape index (κ3) is 5.48. The number of nitrogens with zero attached hydrogens (tertiary/aromatic N) is 1. The molecule has 0 saturated heterocycles. The quantitative estimate of drug-likeness (QED) is 0.387. The summed E-state index contributed by atoms with van der Waals surface area (Å²) >= 11 is 5.80. The Hall–Kier alpha value is -3.12. The molecular formula is C23H22ClFN2O3. The van der Waals surface area contributed by atoms with Crippen molar-refractivity contribution in [1.82, 2.24) is 5.43 Å². The second kappa shape index (κ2) is 9.59. The fourth-order valence-corrected chi connectivity index (χ4v) is 2.99. The minimum absolute atomic E-state index is 0.0145. The van der Waals surface area contributed by atoms with Gasteiger partial charge in [0.05, 0.1) is 11.2 Å². The number of aryl methyl sites for hydroxylation is 1. The first kappa shape index (κ1) is 21.6. The number of nitrogens with one attached hydrogen (secondary N) is 1. The van der Waals surface area contributed by atoms with Crippen molar-refractivity contribution >= 4 is 23.7 Å². The highest BCUT2D eigenvalue weighted by atomic mass is 35.5. The number of hydrogen-bond acceptors (Lipinski definition) is 4. The number of carbonyl (C=O) groups is 1. The molecule has 0 bridgehead atoms. The highest BCUT2D eigenvalue weighted by Gasteiger charge is 2.10. The maximum absolute atomic E-state index is 13.3. The predicted octanol–water partition coefficient (Wildman–Crippen LogP) is 5.70. The third-order valence-electron chi connectivity index (χ3n) is 4.36. The van der Waals surface area contributed by atoms with E-state index in [1.54, 1.807) is 18.2 Å². The first-order valence-electron chi connectivity index (χ1n) is 9.44. The number of rotatable bonds is 7. The van der Waals surface area contributed by atoms with Crippen molar-refractivity contribution in [2.75, 3.05) is 6.61 Å². The van der Waals surface area contributed by atoms with Crippen LogP contribution in [0.1, 0.15) is 36.7 Å². The van der Waals surface area contributed by atoms with E-state index < -0.39 is 5.82 Å². The number of hydrazone groups is 1. The minimum Gasteiger partial charge on any atom is -0.483 e. The molecule has 1 amide bonds. The van der Waals surface area contributed by atoms with Crippen molar-refractivity contribution in [2.45, 2.75) is 26.7 Å². The van der Waals surface area contributed by atoms with Crippen molar-refractivity contribution in [3.63, 3.8) is 0 Å². The van der Waals surface area contributed by atoms with Crippen LogP contribution in [0.4, 0.5) is 4.39 Å². The molecule has 0 atom stereocenters. The highest BCUT2D eigenvalue weighted by Crippen LogP contribution is 2.28. The SMILES string of the molecule is Cc1ccc(C(C)C)c(OCC(=O)NN=Cc2ccc(-c3ccc(F)c(Cl)c3)o2)c1. The van der Waals surface area contributed by atoms with Crippen molar-refractivity contribution in [3.05, 3.63) is 76.3 Å². The number of furan rings is 1. The number of ether oxygens (including phenoxy) is 1. The monoisotopic (exact) mass is 428 g/mol. The Morgan fingerprint density at radius 3 is 2.77 bits per heavy atom. The van der Waals surface area contributed by atoms with E-state index in [2.05, 4.69) is 24.4 Å². The molecule has 2 aromatic carbocycles. The van der Waals surface area contributed by atoms with Gasteiger partial charge in [0.1, 0.15) is 23.1 Å². The summed E-state index contributed by atoms with van der Waals surface area (Å²) in [6.45, 7) is 5.95. The van der Waals surface area contributed by atoms with Gasteiger partial charge in [-0.1, -0.05) is 37.6 Å². The van der Waals surface area contributed by atoms with E-state index >= 15 is 0 Å². The first-order valence-corrected chi connectivity index (χ1v) is 9.82. The topological polar surface area (TPSA) is 63.8 Å². The molecular weight excluding hydrogens is 407 g/mol. The lowest BCUT2D eigenvalue weighted by atomic mass is 10.0. The highest BCUT2D eigenvalue weighted by molar-refractivity contribution is 6.31. The van der Waals surface area contributed by atoms with Gasteiger partial charge in [-0.3, -0.25) is 4.79 Å². The molecule has 0 saturated carbocycles. The largest absolute Gasteiger partial charge is 0.483 e. The second-order valence-electron chi connectivity index (χ2n) is 7.11. The number of benzene rings is 2. The molecule has 0 fully saturated rings. The second-order valence-corrected chi connectivity index (χ2v) is 7.52. The van der Waals surface area contributed by atoms with Crippen molar-refractivity contribution in [2.24, 2.45) is 5.10 Å². The van der Waals surface area contributed by atoms with Crippen LogP contribution in [-0.4, -0.2) is 18.7 Å². The summed E-state index contributed by atoms with van der Waals surface area (Å²) in [6, 6.07) is 13.6. The van der Waals surface area contributed by atoms with Gasteiger partial charge >= 0.3 is 0 Å². The van der Waals surface area contributed by atoms with E-state index in [1.807, 2.05) is 25.1 Å². The molecule has 5 nitrogen and oxygen atoms in total. The fraction of sp³-hybridized carbons (Fsp3) is 0.217. The number of hydrogen-bond donors (Lipinski definition) is 1. The number of carbonyl (C=O) groups excluding carboxylic acids is 1. The normalized spacial score (nSPS) is 11.3. The average molecular weight is 429 g/mol. The lowest BCUT2D eigenvalue weighted by Crippen LogP contribution is -2.24. The Bertz CT molecular complexity index is 1080. The van der Waals surface area contributed by atoms with Crippen LogP contribution in [0.2, 0.25) is 5.02 Å². The predicted molar refractivity (Wildman–Crippen MR) is 116 cm³/mol. The maximum Gasteiger partial charge on any atom is 0.277 e. The Morgan fingerprint density at radius 1 is 1.23 bits per heavy atom. The van der Waals surface area contributed by atoms with Gasteiger partial charge < -0.3 is 9.15 Å². The Labute approximate surface area is 179 Å². The summed E-state index contributed by atoms with van der Waals surface area (Å²) in [5.74, 6) is 1.02. The zero-order chi connectivity index (χ0) is 21.7. The Morgan fingerprint density at radius 2 is 2.03 bits per heavy atom. The molecule has 0 unspecified atom stereocenters. The van der Waals surface area contributed by atoms with Crippen LogP contribution in [0.5, 0.6) is 5.75 Å². The molecule has 1 aromatic heterocycles. The molecule has 0 aliphatic carbocycles. The average Bonchev–Trinajstić information content (AvgIpc) is 3.17. The van der Waals surface area contributed by atoms with E-state index in [-0.39, 0.29) is 23.5 Å². The zero-order valence-corrected chi connectivity index (χ0v) is 17.7. The molecule has 3 rings (SSSR count). The molecule has 0 radical (unpaired) electrons. The van der Waals surface area contributed by atoms with Crippen LogP contribution in [-0.2, 0) is 4.79 Å². The molecule has 0 aliphatic heterocycles. The van der Waals surface area contributed by atoms with E-state index in [4.69, 9.17) is 20.8 Å². The third-order valence-corrected chi connectivity index (χ3v) is 4.65. The van der Waals surface area contributed by atoms with Gasteiger partial charge in [-0.2, -0.15) is 5.10 Å². The molecule has 156 valence electrons. The lowest BCUT2D eigenvalue weighted by Gasteiger charge is -2.14. The summed E-state index contributed by atoms with van der Waals surface area (Å²) < 4.78 is 24.6. The molecule has 1 heterocycles. The summed E-state index contributed by atoms with van der Waals surface area (Å²) in [5.41, 5.74) is 5.14. The fourth-order valence-electron chi connectivity index (χ4n) is 2.81. The van der Waals surface area contributed by atoms with Crippen LogP contribution in [0.25, 0.3) is 11.3 Å². The van der Waals surface area contributed by atoms with Crippen molar-refractivity contribution in [1.29, 1.82) is 0 Å². The summed E-state index contributed by atoms with van der Waals surface area (Å²) in [7, 11) is 0. The van der Waals surface area contributed by atoms with Gasteiger partial charge in [-0.25, -0.2) is 9.82 Å². The minimum atomic E-state index is -0.495. The van der Waals surface area contributed by atoms with Gasteiger partial charge in [0.25, 0.3) is 5.91 Å². The number of amides is 1. The van der Waals surface area contributed by atoms with E-state index in [0.29, 0.717) is 22.8 Å². The van der Waals surface area contributed by atoms with Crippen LogP contribution in [0.15, 0.2) is 58.0 Å². The van der Waals surface area contributed by atoms with Crippen LogP contribution >= 0.6 is 11.6 Å². The Kier molecular flexibility index (Phi) is 6.90. The smallest absolute Gasteiger partial charge is 0.277 e. The van der Waals surface area contributed by atoms with E-state index in [9.17, 15) is 9.18 Å². The van der Waals surface area contributed by atoms with Crippen LogP contribution in [0, 0.1) is 12.7 Å². The zero-order valence-electron chi connectivity index (χ0n) is 16.9. The summed E-state index contributed by atoms with van der Waals surface area (Å²) in [4.78, 5) is 12.0. The maximum atomic E-state index is 13.3. The standard InChI is InChI=1S/C23H22ClFN2O3/c1-14(2)18-7-4-15(3)10-22(18)29-13-23(28)27-26-12-17-6-9-21(30-17)16-5-8-20(25)19(24)11-16/h4-12,14H,13H2,1-3H3,(H,27,28). The van der Waals surface area contributed by atoms with Crippen LogP contribution in [0.3, 0.4) is 0 Å². The summed E-state index contributed by atoms with van der Waals surface area (Å²) in [5, 5.41) is 3.90. The van der Waals surface area contributed by atoms with Gasteiger partial charge in [0.2, 0.25) is 0 Å². The van der Waals surface area contributed by atoms with Gasteiger partial charge in [0.15, 0.2) is 6.61 Å². The van der Waals surface area contributed by atoms with E-state index in [1.165, 1.54) is 18.3 Å². The summed E-state index contributed by atoms with van der Waals surface area (Å²) in [6.07, 6.45) is 1.37. The molecule has 30 heavy (non-hydrogen) atoms. The number of halogens is 2. The molecule has 3 aromatic rings. The van der Waals surface area contributed by atoms with Gasteiger partial charge in [0, 0.05) is 5.56 Å². The lowest BCUT2D eigenvalue weighted by molar-refractivity contribution is -0.123. The molecule has 0 aliphatic rings. The first-order chi connectivity index (χ1) is 14.3.